The van der Waals surface area contributed by atoms with Gasteiger partial charge in [0.25, 0.3) is 0 Å². The normalized spacial score (nSPS) is 12.5. The largest absolute Gasteiger partial charge is 0.448 e. The number of hydrogen-bond acceptors (Lipinski definition) is 6. The van der Waals surface area contributed by atoms with E-state index in [1.165, 1.54) is 6.33 Å². The quantitative estimate of drug-likeness (QED) is 0.472. The van der Waals surface area contributed by atoms with Crippen molar-refractivity contribution >= 4 is 31.9 Å². The average Bonchev–Trinajstić information content (AvgIpc) is 3.15. The highest BCUT2D eigenvalue weighted by molar-refractivity contribution is 9.10. The Kier molecular flexibility index (Phi) is 7.45. The van der Waals surface area contributed by atoms with E-state index in [9.17, 15) is 13.2 Å². The van der Waals surface area contributed by atoms with Gasteiger partial charge in [0.15, 0.2) is 14.6 Å². The van der Waals surface area contributed by atoms with Gasteiger partial charge in [-0.15, -0.1) is 0 Å². The third-order valence-electron chi connectivity index (χ3n) is 4.84. The van der Waals surface area contributed by atoms with Crippen molar-refractivity contribution in [3.8, 4) is 11.1 Å². The summed E-state index contributed by atoms with van der Waals surface area (Å²) >= 11 is 3.29. The molecule has 10 heteroatoms. The lowest BCUT2D eigenvalue weighted by atomic mass is 10.0. The standard InChI is InChI=1S/C21H23BrN4O4S/c1-15-9-10-19(18(12-15)16-6-3-2-4-7-16)31(28,29)17(13-30-21(23)27)8-5-11-26-20(22)24-14-25-26/h2-4,6-7,9-10,12,14,17H,5,8,11,13H2,1H3,(H2,23,27). The highest BCUT2D eigenvalue weighted by atomic mass is 79.9. The summed E-state index contributed by atoms with van der Waals surface area (Å²) in [7, 11) is -3.83. The third-order valence-corrected chi connectivity index (χ3v) is 7.67. The highest BCUT2D eigenvalue weighted by Crippen LogP contribution is 2.32. The van der Waals surface area contributed by atoms with Crippen LogP contribution in [0.1, 0.15) is 18.4 Å². The van der Waals surface area contributed by atoms with Crippen LogP contribution in [0, 0.1) is 6.92 Å². The minimum atomic E-state index is -3.83. The van der Waals surface area contributed by atoms with Crippen LogP contribution in [-0.2, 0) is 21.1 Å². The molecule has 0 aliphatic heterocycles. The Morgan fingerprint density at radius 2 is 1.97 bits per heavy atom. The fourth-order valence-corrected chi connectivity index (χ4v) is 5.47. The van der Waals surface area contributed by atoms with Crippen LogP contribution in [0.3, 0.4) is 0 Å². The van der Waals surface area contributed by atoms with E-state index < -0.39 is 21.2 Å². The smallest absolute Gasteiger partial charge is 0.404 e. The molecule has 0 fully saturated rings. The van der Waals surface area contributed by atoms with E-state index in [0.717, 1.165) is 11.1 Å². The van der Waals surface area contributed by atoms with Gasteiger partial charge in [-0.3, -0.25) is 0 Å². The van der Waals surface area contributed by atoms with Gasteiger partial charge in [0.1, 0.15) is 18.2 Å². The van der Waals surface area contributed by atoms with Crippen LogP contribution in [-0.4, -0.2) is 41.1 Å². The van der Waals surface area contributed by atoms with Gasteiger partial charge in [-0.1, -0.05) is 48.0 Å². The summed E-state index contributed by atoms with van der Waals surface area (Å²) in [5, 5.41) is 3.12. The number of aryl methyl sites for hydroxylation is 2. The fraction of sp³-hybridized carbons (Fsp3) is 0.286. The molecule has 1 heterocycles. The number of nitrogens with two attached hydrogens (primary N) is 1. The number of rotatable bonds is 9. The second-order valence-corrected chi connectivity index (χ2v) is 9.96. The van der Waals surface area contributed by atoms with Crippen molar-refractivity contribution in [2.75, 3.05) is 6.61 Å². The molecule has 31 heavy (non-hydrogen) atoms. The first-order valence-electron chi connectivity index (χ1n) is 9.64. The van der Waals surface area contributed by atoms with Crippen molar-refractivity contribution in [1.82, 2.24) is 14.8 Å². The van der Waals surface area contributed by atoms with Crippen LogP contribution >= 0.6 is 15.9 Å². The number of nitrogens with zero attached hydrogens (tertiary/aromatic N) is 3. The summed E-state index contributed by atoms with van der Waals surface area (Å²) in [6.45, 7) is 2.05. The lowest BCUT2D eigenvalue weighted by Gasteiger charge is -2.20. The van der Waals surface area contributed by atoms with E-state index in [2.05, 4.69) is 26.0 Å². The lowest BCUT2D eigenvalue weighted by molar-refractivity contribution is 0.155. The molecule has 0 saturated carbocycles. The Morgan fingerprint density at radius 3 is 2.61 bits per heavy atom. The Bertz CT molecular complexity index is 1150. The van der Waals surface area contributed by atoms with Gasteiger partial charge in [-0.25, -0.2) is 22.9 Å². The zero-order valence-corrected chi connectivity index (χ0v) is 19.3. The van der Waals surface area contributed by atoms with E-state index in [-0.39, 0.29) is 17.9 Å². The molecule has 1 amide bonds. The number of amides is 1. The maximum absolute atomic E-state index is 13.6. The van der Waals surface area contributed by atoms with Crippen molar-refractivity contribution in [2.45, 2.75) is 36.5 Å². The molecule has 8 nitrogen and oxygen atoms in total. The van der Waals surface area contributed by atoms with Gasteiger partial charge in [0.2, 0.25) is 0 Å². The molecule has 3 aromatic rings. The Labute approximate surface area is 189 Å². The number of carbonyl (C=O) groups excluding carboxylic acids is 1. The molecular formula is C21H23BrN4O4S. The number of benzene rings is 2. The van der Waals surface area contributed by atoms with Crippen LogP contribution in [0.4, 0.5) is 4.79 Å². The summed E-state index contributed by atoms with van der Waals surface area (Å²) in [6.07, 6.45) is 1.14. The molecule has 1 atom stereocenters. The predicted octanol–water partition coefficient (Wildman–Crippen LogP) is 3.73. The van der Waals surface area contributed by atoms with Gasteiger partial charge in [0.05, 0.1) is 4.90 Å². The molecule has 0 radical (unpaired) electrons. The first-order chi connectivity index (χ1) is 14.8. The number of sulfone groups is 1. The summed E-state index contributed by atoms with van der Waals surface area (Å²) in [6, 6.07) is 14.5. The molecule has 1 aromatic heterocycles. The lowest BCUT2D eigenvalue weighted by Crippen LogP contribution is -2.30. The minimum absolute atomic E-state index is 0.198. The zero-order valence-electron chi connectivity index (χ0n) is 16.9. The number of primary amides is 1. The third kappa shape index (κ3) is 5.71. The van der Waals surface area contributed by atoms with Crippen LogP contribution in [0.2, 0.25) is 0 Å². The maximum Gasteiger partial charge on any atom is 0.404 e. The Hall–Kier alpha value is -2.72. The number of hydrogen-bond donors (Lipinski definition) is 1. The number of halogens is 1. The van der Waals surface area contributed by atoms with Crippen LogP contribution < -0.4 is 5.73 Å². The molecule has 2 aromatic carbocycles. The molecule has 3 rings (SSSR count). The Morgan fingerprint density at radius 1 is 1.23 bits per heavy atom. The van der Waals surface area contributed by atoms with Crippen molar-refractivity contribution < 1.29 is 17.9 Å². The van der Waals surface area contributed by atoms with Crippen LogP contribution in [0.25, 0.3) is 11.1 Å². The van der Waals surface area contributed by atoms with Gasteiger partial charge in [-0.2, -0.15) is 5.10 Å². The molecule has 0 bridgehead atoms. The molecular weight excluding hydrogens is 484 g/mol. The molecule has 0 spiro atoms. The summed E-state index contributed by atoms with van der Waals surface area (Å²) < 4.78 is 34.4. The van der Waals surface area contributed by atoms with Crippen LogP contribution in [0.15, 0.2) is 64.5 Å². The average molecular weight is 507 g/mol. The van der Waals surface area contributed by atoms with Crippen molar-refractivity contribution in [1.29, 1.82) is 0 Å². The van der Waals surface area contributed by atoms with Gasteiger partial charge < -0.3 is 10.5 Å². The second kappa shape index (κ2) is 10.1. The zero-order chi connectivity index (χ0) is 22.4. The fourth-order valence-electron chi connectivity index (χ4n) is 3.29. The van der Waals surface area contributed by atoms with E-state index >= 15 is 0 Å². The summed E-state index contributed by atoms with van der Waals surface area (Å²) in [5.74, 6) is 0. The number of carbonyl (C=O) groups is 1. The van der Waals surface area contributed by atoms with E-state index in [0.29, 0.717) is 23.3 Å². The van der Waals surface area contributed by atoms with E-state index in [1.54, 1.807) is 16.8 Å². The molecule has 0 aliphatic rings. The molecule has 0 saturated heterocycles. The van der Waals surface area contributed by atoms with Gasteiger partial charge in [0, 0.05) is 12.1 Å². The van der Waals surface area contributed by atoms with Gasteiger partial charge in [-0.05, 0) is 47.3 Å². The van der Waals surface area contributed by atoms with Crippen molar-refractivity contribution in [2.24, 2.45) is 5.73 Å². The second-order valence-electron chi connectivity index (χ2n) is 7.06. The highest BCUT2D eigenvalue weighted by Gasteiger charge is 2.31. The van der Waals surface area contributed by atoms with Gasteiger partial charge >= 0.3 is 6.09 Å². The maximum atomic E-state index is 13.6. The summed E-state index contributed by atoms with van der Waals surface area (Å²) in [5.41, 5.74) is 7.46. The topological polar surface area (TPSA) is 117 Å². The van der Waals surface area contributed by atoms with Crippen molar-refractivity contribution in [3.63, 3.8) is 0 Å². The van der Waals surface area contributed by atoms with E-state index in [4.69, 9.17) is 10.5 Å². The number of ether oxygens (including phenoxy) is 1. The van der Waals surface area contributed by atoms with Crippen LogP contribution in [0.5, 0.6) is 0 Å². The number of aromatic nitrogens is 3. The Balaban J connectivity index is 1.92. The summed E-state index contributed by atoms with van der Waals surface area (Å²) in [4.78, 5) is 15.4. The molecule has 2 N–H and O–H groups in total. The van der Waals surface area contributed by atoms with E-state index in [1.807, 2.05) is 43.3 Å². The monoisotopic (exact) mass is 506 g/mol. The van der Waals surface area contributed by atoms with Crippen molar-refractivity contribution in [3.05, 3.63) is 65.2 Å². The minimum Gasteiger partial charge on any atom is -0.448 e. The first kappa shape index (κ1) is 23.0. The molecule has 164 valence electrons. The molecule has 1 unspecified atom stereocenters. The first-order valence-corrected chi connectivity index (χ1v) is 12.0. The SMILES string of the molecule is Cc1ccc(S(=O)(=O)C(CCCn2ncnc2Br)COC(N)=O)c(-c2ccccc2)c1. The predicted molar refractivity (Wildman–Crippen MR) is 120 cm³/mol. The molecule has 0 aliphatic carbocycles.